The molecule has 5 rings (SSSR count). The molecular formula is C26H35N9O2. The summed E-state index contributed by atoms with van der Waals surface area (Å²) in [6, 6.07) is 4.00. The number of pyridine rings is 1. The van der Waals surface area contributed by atoms with Crippen molar-refractivity contribution in [3.05, 3.63) is 29.5 Å². The number of H-pyrrole nitrogens is 1. The summed E-state index contributed by atoms with van der Waals surface area (Å²) in [5.74, 6) is 8.74. The van der Waals surface area contributed by atoms with E-state index in [-0.39, 0.29) is 17.5 Å². The van der Waals surface area contributed by atoms with Crippen LogP contribution in [0.5, 0.6) is 0 Å². The number of carbonyl (C=O) groups is 1. The van der Waals surface area contributed by atoms with Crippen LogP contribution in [-0.2, 0) is 4.74 Å². The average Bonchev–Trinajstić information content (AvgIpc) is 3.40. The highest BCUT2D eigenvalue weighted by atomic mass is 16.5. The number of urea groups is 1. The van der Waals surface area contributed by atoms with Crippen LogP contribution in [0.1, 0.15) is 30.9 Å². The van der Waals surface area contributed by atoms with E-state index in [0.29, 0.717) is 37.0 Å². The molecule has 3 aliphatic rings. The lowest BCUT2D eigenvalue weighted by Gasteiger charge is -2.54. The van der Waals surface area contributed by atoms with E-state index in [9.17, 15) is 4.79 Å². The fourth-order valence-corrected chi connectivity index (χ4v) is 5.61. The Morgan fingerprint density at radius 2 is 2.24 bits per heavy atom. The number of nitrogens with zero attached hydrogens (tertiary/aromatic N) is 5. The van der Waals surface area contributed by atoms with E-state index in [0.717, 1.165) is 56.9 Å². The number of rotatable bonds is 5. The Morgan fingerprint density at radius 3 is 2.97 bits per heavy atom. The van der Waals surface area contributed by atoms with Crippen molar-refractivity contribution in [3.8, 4) is 11.8 Å². The van der Waals surface area contributed by atoms with E-state index in [1.165, 1.54) is 6.21 Å². The molecule has 0 aliphatic carbocycles. The maximum atomic E-state index is 12.1. The van der Waals surface area contributed by atoms with E-state index < -0.39 is 0 Å². The molecule has 11 nitrogen and oxygen atoms in total. The molecule has 5 heterocycles. The fourth-order valence-electron chi connectivity index (χ4n) is 5.61. The summed E-state index contributed by atoms with van der Waals surface area (Å²) in [6.07, 6.45) is 5.16. The number of ether oxygens (including phenoxy) is 1. The van der Waals surface area contributed by atoms with Crippen LogP contribution in [0.3, 0.4) is 0 Å². The number of anilines is 3. The predicted octanol–water partition coefficient (Wildman–Crippen LogP) is 1.86. The molecule has 0 saturated carbocycles. The molecule has 2 aromatic heterocycles. The fraction of sp³-hybridized carbons (Fsp3) is 0.538. The van der Waals surface area contributed by atoms with Crippen LogP contribution in [0.25, 0.3) is 0 Å². The number of piperidine rings is 1. The minimum Gasteiger partial charge on any atom is -0.377 e. The van der Waals surface area contributed by atoms with Crippen LogP contribution in [0.15, 0.2) is 18.3 Å². The van der Waals surface area contributed by atoms with Gasteiger partial charge in [0, 0.05) is 63.0 Å². The van der Waals surface area contributed by atoms with Crippen molar-refractivity contribution in [2.24, 2.45) is 5.41 Å². The van der Waals surface area contributed by atoms with Crippen molar-refractivity contribution in [2.75, 3.05) is 69.7 Å². The van der Waals surface area contributed by atoms with Gasteiger partial charge in [-0.1, -0.05) is 11.8 Å². The normalized spacial score (nSPS) is 21.1. The Balaban J connectivity index is 1.33. The first-order valence-corrected chi connectivity index (χ1v) is 12.8. The Labute approximate surface area is 217 Å². The number of likely N-dealkylation sites (tertiary alicyclic amines) is 2. The Hall–Kier alpha value is -3.62. The summed E-state index contributed by atoms with van der Waals surface area (Å²) in [6.45, 7) is 8.35. The maximum Gasteiger partial charge on any atom is 0.317 e. The number of amides is 2. The largest absolute Gasteiger partial charge is 0.377 e. The molecule has 1 atom stereocenters. The van der Waals surface area contributed by atoms with Gasteiger partial charge in [-0.2, -0.15) is 5.10 Å². The molecule has 1 spiro atoms. The summed E-state index contributed by atoms with van der Waals surface area (Å²) in [7, 11) is 1.69. The van der Waals surface area contributed by atoms with Crippen molar-refractivity contribution in [1.29, 1.82) is 5.41 Å². The molecule has 0 aromatic carbocycles. The molecule has 0 radical (unpaired) electrons. The van der Waals surface area contributed by atoms with Crippen molar-refractivity contribution in [3.63, 3.8) is 0 Å². The van der Waals surface area contributed by atoms with Crippen molar-refractivity contribution in [1.82, 2.24) is 30.3 Å². The Morgan fingerprint density at radius 1 is 1.38 bits per heavy atom. The smallest absolute Gasteiger partial charge is 0.317 e. The van der Waals surface area contributed by atoms with E-state index in [1.54, 1.807) is 13.2 Å². The zero-order valence-corrected chi connectivity index (χ0v) is 21.5. The van der Waals surface area contributed by atoms with Gasteiger partial charge in [0.2, 0.25) is 0 Å². The molecule has 2 aromatic rings. The number of aromatic amines is 1. The van der Waals surface area contributed by atoms with Crippen LogP contribution in [0, 0.1) is 22.7 Å². The third-order valence-electron chi connectivity index (χ3n) is 7.41. The van der Waals surface area contributed by atoms with Crippen molar-refractivity contribution >= 4 is 29.7 Å². The van der Waals surface area contributed by atoms with Crippen molar-refractivity contribution in [2.45, 2.75) is 25.8 Å². The second-order valence-corrected chi connectivity index (χ2v) is 10.2. The number of carbonyl (C=O) groups excluding carboxylic acids is 1. The molecule has 3 aliphatic heterocycles. The van der Waals surface area contributed by atoms with Gasteiger partial charge >= 0.3 is 6.03 Å². The van der Waals surface area contributed by atoms with Gasteiger partial charge in [-0.3, -0.25) is 10.00 Å². The van der Waals surface area contributed by atoms with E-state index >= 15 is 0 Å². The lowest BCUT2D eigenvalue weighted by atomic mass is 9.73. The SMILES string of the molecule is CNC(=O)N1CCCC2(CN(CC#Cc3cc(N4CCOC[C@H]4C)nc(Nc4ccn[nH]4)c3C=N)C2)C1. The first-order valence-electron chi connectivity index (χ1n) is 12.8. The molecule has 3 saturated heterocycles. The van der Waals surface area contributed by atoms with Gasteiger partial charge in [0.15, 0.2) is 0 Å². The Bertz CT molecular complexity index is 1180. The minimum atomic E-state index is 0.0131. The molecule has 0 unspecified atom stereocenters. The number of hydrogen-bond acceptors (Lipinski definition) is 8. The highest BCUT2D eigenvalue weighted by Crippen LogP contribution is 2.38. The van der Waals surface area contributed by atoms with Crippen molar-refractivity contribution < 1.29 is 9.53 Å². The molecule has 37 heavy (non-hydrogen) atoms. The highest BCUT2D eigenvalue weighted by molar-refractivity contribution is 5.90. The average molecular weight is 506 g/mol. The van der Waals surface area contributed by atoms with Gasteiger partial charge in [-0.05, 0) is 25.8 Å². The second kappa shape index (κ2) is 10.8. The lowest BCUT2D eigenvalue weighted by molar-refractivity contribution is -0.0359. The zero-order valence-electron chi connectivity index (χ0n) is 21.5. The number of aromatic nitrogens is 3. The summed E-state index contributed by atoms with van der Waals surface area (Å²) < 4.78 is 5.61. The summed E-state index contributed by atoms with van der Waals surface area (Å²) in [5, 5.41) is 21.0. The van der Waals surface area contributed by atoms with E-state index in [4.69, 9.17) is 15.1 Å². The van der Waals surface area contributed by atoms with Gasteiger partial charge in [0.05, 0.1) is 37.6 Å². The van der Waals surface area contributed by atoms with Gasteiger partial charge in [0.25, 0.3) is 0 Å². The standard InChI is InChI=1S/C26H35N9O2/c1-19-15-37-12-11-35(19)23-13-20(21(14-27)24(31-23)30-22-6-8-29-32-22)5-3-9-33-16-26(17-33)7-4-10-34(18-26)25(36)28-2/h6,8,13-14,19,27H,4,7,9-12,15-18H2,1-2H3,(H,28,36)(H2,29,30,31,32)/t19-/m1/s1. The summed E-state index contributed by atoms with van der Waals surface area (Å²) >= 11 is 0. The molecule has 196 valence electrons. The third kappa shape index (κ3) is 5.40. The molecule has 3 fully saturated rings. The topological polar surface area (TPSA) is 126 Å². The molecular weight excluding hydrogens is 470 g/mol. The number of hydrogen-bond donors (Lipinski definition) is 4. The first kappa shape index (κ1) is 25.0. The van der Waals surface area contributed by atoms with Crippen LogP contribution < -0.4 is 15.5 Å². The number of nitrogens with one attached hydrogen (secondary N) is 4. The van der Waals surface area contributed by atoms with Gasteiger partial charge in [0.1, 0.15) is 17.5 Å². The van der Waals surface area contributed by atoms with Gasteiger partial charge in [-0.15, -0.1) is 0 Å². The Kier molecular flexibility index (Phi) is 7.30. The van der Waals surface area contributed by atoms with Crippen LogP contribution in [0.2, 0.25) is 0 Å². The molecule has 0 bridgehead atoms. The van der Waals surface area contributed by atoms with Gasteiger partial charge < -0.3 is 30.6 Å². The summed E-state index contributed by atoms with van der Waals surface area (Å²) in [4.78, 5) is 23.4. The van der Waals surface area contributed by atoms with Gasteiger partial charge in [-0.25, -0.2) is 9.78 Å². The van der Waals surface area contributed by atoms with Crippen LogP contribution in [-0.4, -0.2) is 103 Å². The van der Waals surface area contributed by atoms with Crippen LogP contribution in [0.4, 0.5) is 22.2 Å². The first-order chi connectivity index (χ1) is 18.0. The van der Waals surface area contributed by atoms with E-state index in [1.807, 2.05) is 17.0 Å². The molecule has 11 heteroatoms. The van der Waals surface area contributed by atoms with Crippen LogP contribution >= 0.6 is 0 Å². The second-order valence-electron chi connectivity index (χ2n) is 10.2. The highest BCUT2D eigenvalue weighted by Gasteiger charge is 2.46. The van der Waals surface area contributed by atoms with E-state index in [2.05, 4.69) is 49.4 Å². The number of morpholine rings is 1. The summed E-state index contributed by atoms with van der Waals surface area (Å²) in [5.41, 5.74) is 1.59. The molecule has 2 amide bonds. The predicted molar refractivity (Wildman–Crippen MR) is 143 cm³/mol. The maximum absolute atomic E-state index is 12.1. The zero-order chi connectivity index (χ0) is 25.8. The minimum absolute atomic E-state index is 0.0131. The molecule has 4 N–H and O–H groups in total. The monoisotopic (exact) mass is 505 g/mol. The quantitative estimate of drug-likeness (QED) is 0.361. The lowest BCUT2D eigenvalue weighted by Crippen LogP contribution is -2.64. The third-order valence-corrected chi connectivity index (χ3v) is 7.41.